The van der Waals surface area contributed by atoms with E-state index in [1.807, 2.05) is 0 Å². The van der Waals surface area contributed by atoms with Gasteiger partial charge in [-0.25, -0.2) is 0 Å². The molecule has 9 heteroatoms. The first kappa shape index (κ1) is 32.4. The van der Waals surface area contributed by atoms with Crippen molar-refractivity contribution in [1.82, 2.24) is 14.7 Å². The van der Waals surface area contributed by atoms with Gasteiger partial charge < -0.3 is 15.1 Å². The van der Waals surface area contributed by atoms with E-state index in [2.05, 4.69) is 59.0 Å². The summed E-state index contributed by atoms with van der Waals surface area (Å²) < 4.78 is 38.6. The normalized spacial score (nSPS) is 27.6. The summed E-state index contributed by atoms with van der Waals surface area (Å²) in [5.41, 5.74) is 3.23. The van der Waals surface area contributed by atoms with Crippen molar-refractivity contribution < 1.29 is 18.0 Å². The summed E-state index contributed by atoms with van der Waals surface area (Å²) in [7, 11) is 0. The second kappa shape index (κ2) is 14.0. The number of carbonyl (C=O) groups is 1. The van der Waals surface area contributed by atoms with Crippen LogP contribution in [0.3, 0.4) is 0 Å². The quantitative estimate of drug-likeness (QED) is 0.308. The number of piperazine rings is 1. The lowest BCUT2D eigenvalue weighted by atomic mass is 9.75. The highest BCUT2D eigenvalue weighted by atomic mass is 19.4. The van der Waals surface area contributed by atoms with Gasteiger partial charge in [-0.15, -0.1) is 0 Å². The SMILES string of the molecule is CCC1CCC([C@]2(C)Nc3ccc(CN4CCN(CC(F)(F)F)CC4)cc3N2CCC(=O)N(CC)C2CCCCC2)CC1. The van der Waals surface area contributed by atoms with Gasteiger partial charge in [0.15, 0.2) is 0 Å². The molecule has 3 fully saturated rings. The van der Waals surface area contributed by atoms with E-state index in [4.69, 9.17) is 0 Å². The van der Waals surface area contributed by atoms with Crippen molar-refractivity contribution in [3.8, 4) is 0 Å². The molecular formula is C34H54F3N5O. The molecule has 2 saturated carbocycles. The third kappa shape index (κ3) is 7.81. The molecule has 2 aliphatic carbocycles. The van der Waals surface area contributed by atoms with Crippen LogP contribution in [0.1, 0.15) is 97.0 Å². The summed E-state index contributed by atoms with van der Waals surface area (Å²) in [6.07, 6.45) is 8.49. The van der Waals surface area contributed by atoms with Crippen molar-refractivity contribution in [2.45, 2.75) is 116 Å². The molecule has 0 radical (unpaired) electrons. The topological polar surface area (TPSA) is 42.1 Å². The summed E-state index contributed by atoms with van der Waals surface area (Å²) in [5, 5.41) is 3.93. The van der Waals surface area contributed by atoms with Crippen LogP contribution in [0.15, 0.2) is 18.2 Å². The predicted octanol–water partition coefficient (Wildman–Crippen LogP) is 7.10. The summed E-state index contributed by atoms with van der Waals surface area (Å²) in [5.74, 6) is 1.59. The average Bonchev–Trinajstić information content (AvgIpc) is 3.28. The zero-order chi connectivity index (χ0) is 30.6. The van der Waals surface area contributed by atoms with Crippen LogP contribution in [-0.4, -0.2) is 84.3 Å². The number of hydrogen-bond acceptors (Lipinski definition) is 5. The molecule has 0 bridgehead atoms. The number of amides is 1. The van der Waals surface area contributed by atoms with Crippen LogP contribution in [0.5, 0.6) is 0 Å². The summed E-state index contributed by atoms with van der Waals surface area (Å²) in [6, 6.07) is 7.01. The first-order valence-corrected chi connectivity index (χ1v) is 17.1. The molecular weight excluding hydrogens is 551 g/mol. The van der Waals surface area contributed by atoms with Crippen LogP contribution < -0.4 is 10.2 Å². The molecule has 1 atom stereocenters. The molecule has 0 aromatic heterocycles. The monoisotopic (exact) mass is 605 g/mol. The number of fused-ring (bicyclic) bond motifs is 1. The van der Waals surface area contributed by atoms with Crippen LogP contribution in [-0.2, 0) is 11.3 Å². The number of hydrogen-bond donors (Lipinski definition) is 1. The first-order chi connectivity index (χ1) is 20.6. The second-order valence-electron chi connectivity index (χ2n) is 13.8. The van der Waals surface area contributed by atoms with E-state index in [-0.39, 0.29) is 11.6 Å². The molecule has 1 aromatic carbocycles. The molecule has 4 aliphatic rings. The maximum absolute atomic E-state index is 13.7. The first-order valence-electron chi connectivity index (χ1n) is 17.1. The number of halogens is 3. The van der Waals surface area contributed by atoms with E-state index >= 15 is 0 Å². The Morgan fingerprint density at radius 3 is 2.28 bits per heavy atom. The lowest BCUT2D eigenvalue weighted by Gasteiger charge is -2.46. The minimum absolute atomic E-state index is 0.245. The number of rotatable bonds is 10. The minimum atomic E-state index is -4.15. The maximum atomic E-state index is 13.7. The molecule has 0 unspecified atom stereocenters. The standard InChI is InChI=1S/C34H54F3N5O/c1-4-26-11-14-28(15-12-26)33(3)38-30-16-13-27(24-39-19-21-40(22-20-39)25-34(35,36)37)23-31(30)42(33)18-17-32(43)41(5-2)29-9-7-6-8-10-29/h13,16,23,26,28-29,38H,4-12,14-15,17-22,24-25H2,1-3H3/t26?,28?,33-/m1/s1. The van der Waals surface area contributed by atoms with Gasteiger partial charge >= 0.3 is 6.18 Å². The van der Waals surface area contributed by atoms with E-state index in [0.29, 0.717) is 51.1 Å². The number of alkyl halides is 3. The van der Waals surface area contributed by atoms with Crippen molar-refractivity contribution >= 4 is 17.3 Å². The van der Waals surface area contributed by atoms with Crippen LogP contribution >= 0.6 is 0 Å². The number of nitrogens with one attached hydrogen (secondary N) is 1. The maximum Gasteiger partial charge on any atom is 0.401 e. The average molecular weight is 606 g/mol. The zero-order valence-electron chi connectivity index (χ0n) is 26.7. The van der Waals surface area contributed by atoms with Crippen molar-refractivity contribution in [1.29, 1.82) is 0 Å². The second-order valence-corrected chi connectivity index (χ2v) is 13.8. The van der Waals surface area contributed by atoms with Gasteiger partial charge in [0.1, 0.15) is 5.66 Å². The Kier molecular flexibility index (Phi) is 10.5. The van der Waals surface area contributed by atoms with Crippen molar-refractivity contribution in [3.05, 3.63) is 23.8 Å². The van der Waals surface area contributed by atoms with Gasteiger partial charge in [-0.05, 0) is 63.1 Å². The molecule has 1 saturated heterocycles. The summed E-state index contributed by atoms with van der Waals surface area (Å²) in [6.45, 7) is 10.3. The Hall–Kier alpha value is -2.00. The van der Waals surface area contributed by atoms with Crippen molar-refractivity contribution in [3.63, 3.8) is 0 Å². The largest absolute Gasteiger partial charge is 0.401 e. The summed E-state index contributed by atoms with van der Waals surface area (Å²) >= 11 is 0. The number of benzene rings is 1. The summed E-state index contributed by atoms with van der Waals surface area (Å²) in [4.78, 5) is 22.1. The molecule has 5 rings (SSSR count). The van der Waals surface area contributed by atoms with E-state index in [0.717, 1.165) is 37.5 Å². The molecule has 1 N–H and O–H groups in total. The third-order valence-corrected chi connectivity index (χ3v) is 11.0. The van der Waals surface area contributed by atoms with Crippen molar-refractivity contribution in [2.24, 2.45) is 11.8 Å². The van der Waals surface area contributed by atoms with E-state index in [1.54, 1.807) is 0 Å². The van der Waals surface area contributed by atoms with E-state index in [1.165, 1.54) is 67.5 Å². The van der Waals surface area contributed by atoms with E-state index < -0.39 is 12.7 Å². The van der Waals surface area contributed by atoms with E-state index in [9.17, 15) is 18.0 Å². The predicted molar refractivity (Wildman–Crippen MR) is 168 cm³/mol. The molecule has 2 aliphatic heterocycles. The Morgan fingerprint density at radius 2 is 1.65 bits per heavy atom. The molecule has 1 amide bonds. The van der Waals surface area contributed by atoms with Crippen LogP contribution in [0.2, 0.25) is 0 Å². The third-order valence-electron chi connectivity index (χ3n) is 11.0. The van der Waals surface area contributed by atoms with Gasteiger partial charge in [0.25, 0.3) is 0 Å². The molecule has 242 valence electrons. The fourth-order valence-electron chi connectivity index (χ4n) is 8.40. The zero-order valence-corrected chi connectivity index (χ0v) is 26.7. The lowest BCUT2D eigenvalue weighted by molar-refractivity contribution is -0.149. The molecule has 6 nitrogen and oxygen atoms in total. The van der Waals surface area contributed by atoms with Crippen molar-refractivity contribution in [2.75, 3.05) is 56.0 Å². The number of carbonyl (C=O) groups excluding carboxylic acids is 1. The Labute approximate surface area is 257 Å². The Bertz CT molecular complexity index is 1060. The van der Waals surface area contributed by atoms with Crippen LogP contribution in [0.4, 0.5) is 24.5 Å². The highest BCUT2D eigenvalue weighted by Gasteiger charge is 2.46. The molecule has 2 heterocycles. The number of nitrogens with zero attached hydrogens (tertiary/aromatic N) is 4. The molecule has 0 spiro atoms. The van der Waals surface area contributed by atoms with Gasteiger partial charge in [-0.1, -0.05) is 51.5 Å². The Morgan fingerprint density at radius 1 is 0.977 bits per heavy atom. The number of anilines is 2. The minimum Gasteiger partial charge on any atom is -0.361 e. The fourth-order valence-corrected chi connectivity index (χ4v) is 8.40. The van der Waals surface area contributed by atoms with Gasteiger partial charge in [0, 0.05) is 64.2 Å². The highest BCUT2D eigenvalue weighted by Crippen LogP contribution is 2.48. The van der Waals surface area contributed by atoms with Gasteiger partial charge in [-0.3, -0.25) is 14.6 Å². The van der Waals surface area contributed by atoms with Gasteiger partial charge in [0.2, 0.25) is 5.91 Å². The van der Waals surface area contributed by atoms with Gasteiger partial charge in [0.05, 0.1) is 17.9 Å². The van der Waals surface area contributed by atoms with Gasteiger partial charge in [-0.2, -0.15) is 13.2 Å². The highest BCUT2D eigenvalue weighted by molar-refractivity contribution is 5.81. The van der Waals surface area contributed by atoms with Crippen LogP contribution in [0.25, 0.3) is 0 Å². The smallest absolute Gasteiger partial charge is 0.361 e. The molecule has 43 heavy (non-hydrogen) atoms. The fraction of sp³-hybridized carbons (Fsp3) is 0.794. The molecule has 1 aromatic rings. The Balaban J connectivity index is 1.30. The van der Waals surface area contributed by atoms with Crippen LogP contribution in [0, 0.1) is 11.8 Å². The lowest BCUT2D eigenvalue weighted by Crippen LogP contribution is -2.55.